The minimum absolute atomic E-state index is 0.123. The van der Waals surface area contributed by atoms with E-state index in [1.807, 2.05) is 0 Å². The lowest BCUT2D eigenvalue weighted by atomic mass is 10.0. The lowest BCUT2D eigenvalue weighted by Crippen LogP contribution is -2.40. The van der Waals surface area contributed by atoms with Gasteiger partial charge in [-0.15, -0.1) is 11.3 Å². The van der Waals surface area contributed by atoms with E-state index >= 15 is 0 Å². The fraction of sp³-hybridized carbons (Fsp3) is 0.545. The summed E-state index contributed by atoms with van der Waals surface area (Å²) in [6.45, 7) is 0.346. The summed E-state index contributed by atoms with van der Waals surface area (Å²) in [5.41, 5.74) is -0.693. The van der Waals surface area contributed by atoms with Crippen LogP contribution in [0.2, 0.25) is 0 Å². The summed E-state index contributed by atoms with van der Waals surface area (Å²) in [6, 6.07) is 1.78. The zero-order chi connectivity index (χ0) is 12.5. The van der Waals surface area contributed by atoms with Crippen molar-refractivity contribution in [1.82, 2.24) is 5.32 Å². The van der Waals surface area contributed by atoms with Crippen LogP contribution in [0.5, 0.6) is 0 Å². The fourth-order valence-electron chi connectivity index (χ4n) is 2.00. The summed E-state index contributed by atoms with van der Waals surface area (Å²) in [5, 5.41) is 12.9. The number of amides is 1. The monoisotopic (exact) mass is 381 g/mol. The summed E-state index contributed by atoms with van der Waals surface area (Å²) in [7, 11) is 0. The zero-order valence-electron chi connectivity index (χ0n) is 9.13. The molecule has 94 valence electrons. The first-order valence-electron chi connectivity index (χ1n) is 5.46. The Bertz CT molecular complexity index is 408. The Hall–Kier alpha value is 0.0900. The molecule has 0 radical (unpaired) electrons. The smallest absolute Gasteiger partial charge is 0.261 e. The van der Waals surface area contributed by atoms with Crippen LogP contribution < -0.4 is 5.32 Å². The molecule has 1 aromatic rings. The molecule has 17 heavy (non-hydrogen) atoms. The van der Waals surface area contributed by atoms with Crippen LogP contribution in [0.25, 0.3) is 0 Å². The number of aliphatic hydroxyl groups is 1. The molecule has 1 amide bonds. The molecule has 6 heteroatoms. The van der Waals surface area contributed by atoms with Crippen molar-refractivity contribution in [3.05, 3.63) is 19.2 Å². The van der Waals surface area contributed by atoms with E-state index in [2.05, 4.69) is 37.2 Å². The summed E-state index contributed by atoms with van der Waals surface area (Å²) in [5.74, 6) is -0.123. The van der Waals surface area contributed by atoms with Crippen molar-refractivity contribution in [2.24, 2.45) is 0 Å². The maximum absolute atomic E-state index is 11.9. The van der Waals surface area contributed by atoms with Crippen LogP contribution in [0, 0.1) is 0 Å². The number of carbonyl (C=O) groups is 1. The van der Waals surface area contributed by atoms with Crippen LogP contribution in [0.1, 0.15) is 35.4 Å². The van der Waals surface area contributed by atoms with Crippen molar-refractivity contribution < 1.29 is 9.90 Å². The van der Waals surface area contributed by atoms with Crippen LogP contribution in [0.3, 0.4) is 0 Å². The minimum Gasteiger partial charge on any atom is -0.388 e. The highest BCUT2D eigenvalue weighted by Gasteiger charge is 2.31. The Morgan fingerprint density at radius 3 is 2.65 bits per heavy atom. The molecular formula is C11H13Br2NO2S. The topological polar surface area (TPSA) is 49.3 Å². The Morgan fingerprint density at radius 1 is 1.47 bits per heavy atom. The van der Waals surface area contributed by atoms with Crippen molar-refractivity contribution in [2.75, 3.05) is 6.54 Å². The lowest BCUT2D eigenvalue weighted by Gasteiger charge is -2.21. The first-order valence-corrected chi connectivity index (χ1v) is 7.86. The number of thiophene rings is 1. The van der Waals surface area contributed by atoms with Crippen LogP contribution in [0.4, 0.5) is 0 Å². The van der Waals surface area contributed by atoms with Gasteiger partial charge in [0.2, 0.25) is 0 Å². The van der Waals surface area contributed by atoms with E-state index in [0.29, 0.717) is 11.4 Å². The number of rotatable bonds is 3. The molecule has 0 bridgehead atoms. The molecule has 0 unspecified atom stereocenters. The van der Waals surface area contributed by atoms with Crippen LogP contribution in [0.15, 0.2) is 14.3 Å². The standard InChI is InChI=1S/C11H13Br2NO2S/c12-7-5-8(17-9(7)13)10(15)14-6-11(16)3-1-2-4-11/h5,16H,1-4,6H2,(H,14,15). The van der Waals surface area contributed by atoms with Gasteiger partial charge in [0.05, 0.1) is 14.3 Å². The summed E-state index contributed by atoms with van der Waals surface area (Å²) >= 11 is 8.08. The van der Waals surface area contributed by atoms with E-state index in [1.165, 1.54) is 11.3 Å². The molecule has 1 aliphatic carbocycles. The van der Waals surface area contributed by atoms with Gasteiger partial charge in [0.1, 0.15) is 0 Å². The fourth-order valence-corrected chi connectivity index (χ4v) is 3.95. The van der Waals surface area contributed by atoms with Gasteiger partial charge in [-0.05, 0) is 50.8 Å². The molecule has 2 rings (SSSR count). The van der Waals surface area contributed by atoms with E-state index < -0.39 is 5.60 Å². The molecule has 2 N–H and O–H groups in total. The Labute approximate surface area is 121 Å². The average Bonchev–Trinajstić information content (AvgIpc) is 2.85. The average molecular weight is 383 g/mol. The van der Waals surface area contributed by atoms with Gasteiger partial charge < -0.3 is 10.4 Å². The number of hydrogen-bond donors (Lipinski definition) is 2. The number of halogens is 2. The van der Waals surface area contributed by atoms with Crippen molar-refractivity contribution in [3.8, 4) is 0 Å². The van der Waals surface area contributed by atoms with Crippen molar-refractivity contribution >= 4 is 49.1 Å². The number of hydrogen-bond acceptors (Lipinski definition) is 3. The maximum Gasteiger partial charge on any atom is 0.261 e. The molecule has 1 aromatic heterocycles. The second-order valence-corrected chi connectivity index (χ2v) is 7.57. The van der Waals surface area contributed by atoms with Gasteiger partial charge in [-0.1, -0.05) is 12.8 Å². The molecule has 0 atom stereocenters. The molecule has 3 nitrogen and oxygen atoms in total. The molecule has 0 spiro atoms. The summed E-state index contributed by atoms with van der Waals surface area (Å²) in [4.78, 5) is 12.5. The van der Waals surface area contributed by atoms with Crippen molar-refractivity contribution in [3.63, 3.8) is 0 Å². The predicted octanol–water partition coefficient (Wildman–Crippen LogP) is 3.31. The highest BCUT2D eigenvalue weighted by molar-refractivity contribution is 9.13. The predicted molar refractivity (Wildman–Crippen MR) is 75.5 cm³/mol. The van der Waals surface area contributed by atoms with E-state index in [1.54, 1.807) is 6.07 Å². The van der Waals surface area contributed by atoms with Crippen LogP contribution in [-0.2, 0) is 0 Å². The highest BCUT2D eigenvalue weighted by atomic mass is 79.9. The molecule has 1 saturated carbocycles. The van der Waals surface area contributed by atoms with Gasteiger partial charge in [0, 0.05) is 11.0 Å². The molecule has 0 saturated heterocycles. The van der Waals surface area contributed by atoms with Crippen molar-refractivity contribution in [2.45, 2.75) is 31.3 Å². The largest absolute Gasteiger partial charge is 0.388 e. The van der Waals surface area contributed by atoms with Crippen LogP contribution in [-0.4, -0.2) is 23.2 Å². The van der Waals surface area contributed by atoms with Gasteiger partial charge in [-0.3, -0.25) is 4.79 Å². The first kappa shape index (κ1) is 13.5. The van der Waals surface area contributed by atoms with E-state index in [-0.39, 0.29) is 5.91 Å². The van der Waals surface area contributed by atoms with E-state index in [0.717, 1.165) is 33.9 Å². The zero-order valence-corrected chi connectivity index (χ0v) is 13.1. The molecule has 0 aromatic carbocycles. The van der Waals surface area contributed by atoms with Gasteiger partial charge in [-0.2, -0.15) is 0 Å². The molecule has 0 aliphatic heterocycles. The second kappa shape index (κ2) is 5.38. The number of nitrogens with one attached hydrogen (secondary N) is 1. The van der Waals surface area contributed by atoms with Gasteiger partial charge in [0.25, 0.3) is 5.91 Å². The Balaban J connectivity index is 1.93. The van der Waals surface area contributed by atoms with Crippen LogP contribution >= 0.6 is 43.2 Å². The van der Waals surface area contributed by atoms with E-state index in [4.69, 9.17) is 0 Å². The SMILES string of the molecule is O=C(NCC1(O)CCCC1)c1cc(Br)c(Br)s1. The number of carbonyl (C=O) groups excluding carboxylic acids is 1. The molecule has 1 heterocycles. The maximum atomic E-state index is 11.9. The normalized spacial score (nSPS) is 18.3. The summed E-state index contributed by atoms with van der Waals surface area (Å²) < 4.78 is 1.79. The third-order valence-electron chi connectivity index (χ3n) is 2.98. The minimum atomic E-state index is -0.693. The summed E-state index contributed by atoms with van der Waals surface area (Å²) in [6.07, 6.45) is 3.65. The van der Waals surface area contributed by atoms with Crippen molar-refractivity contribution in [1.29, 1.82) is 0 Å². The molecular weight excluding hydrogens is 370 g/mol. The Morgan fingerprint density at radius 2 is 2.12 bits per heavy atom. The van der Waals surface area contributed by atoms with E-state index in [9.17, 15) is 9.90 Å². The molecule has 1 aliphatic rings. The Kier molecular flexibility index (Phi) is 4.28. The lowest BCUT2D eigenvalue weighted by molar-refractivity contribution is 0.0450. The molecule has 1 fully saturated rings. The third kappa shape index (κ3) is 3.30. The second-order valence-electron chi connectivity index (χ2n) is 4.35. The highest BCUT2D eigenvalue weighted by Crippen LogP contribution is 2.32. The third-order valence-corrected chi connectivity index (χ3v) is 6.24. The first-order chi connectivity index (χ1) is 8.00. The van der Waals surface area contributed by atoms with Gasteiger partial charge in [-0.25, -0.2) is 0 Å². The van der Waals surface area contributed by atoms with Gasteiger partial charge in [0.15, 0.2) is 0 Å². The van der Waals surface area contributed by atoms with Gasteiger partial charge >= 0.3 is 0 Å². The quantitative estimate of drug-likeness (QED) is 0.842.